The summed E-state index contributed by atoms with van der Waals surface area (Å²) in [4.78, 5) is 24.9. The third-order valence-corrected chi connectivity index (χ3v) is 3.07. The van der Waals surface area contributed by atoms with Gasteiger partial charge in [-0.1, -0.05) is 0 Å². The third kappa shape index (κ3) is 4.23. The molecular weight excluding hydrogens is 326 g/mol. The van der Waals surface area contributed by atoms with Crippen LogP contribution in [0.15, 0.2) is 22.7 Å². The van der Waals surface area contributed by atoms with Crippen molar-refractivity contribution < 1.29 is 19.1 Å². The zero-order chi connectivity index (χ0) is 15.5. The van der Waals surface area contributed by atoms with Crippen LogP contribution in [0, 0.1) is 0 Å². The quantitative estimate of drug-likeness (QED) is 0.769. The van der Waals surface area contributed by atoms with E-state index in [2.05, 4.69) is 20.7 Å². The van der Waals surface area contributed by atoms with Gasteiger partial charge in [0, 0.05) is 11.5 Å². The molecule has 110 valence electrons. The van der Waals surface area contributed by atoms with Crippen molar-refractivity contribution in [2.75, 3.05) is 19.1 Å². The van der Waals surface area contributed by atoms with Gasteiger partial charge in [0.25, 0.3) is 0 Å². The Bertz CT molecular complexity index is 522. The summed E-state index contributed by atoms with van der Waals surface area (Å²) in [6, 6.07) is 4.87. The average molecular weight is 344 g/mol. The average Bonchev–Trinajstić information content (AvgIpc) is 2.35. The van der Waals surface area contributed by atoms with E-state index in [1.807, 2.05) is 0 Å². The summed E-state index contributed by atoms with van der Waals surface area (Å²) >= 11 is 3.35. The van der Waals surface area contributed by atoms with Crippen LogP contribution in [-0.4, -0.2) is 31.8 Å². The first kappa shape index (κ1) is 16.5. The molecule has 0 aromatic heterocycles. The van der Waals surface area contributed by atoms with Crippen molar-refractivity contribution in [1.29, 1.82) is 0 Å². The van der Waals surface area contributed by atoms with Crippen molar-refractivity contribution in [3.8, 4) is 0 Å². The van der Waals surface area contributed by atoms with Crippen molar-refractivity contribution in [3.63, 3.8) is 0 Å². The Balaban J connectivity index is 3.06. The predicted octanol–water partition coefficient (Wildman–Crippen LogP) is 3.61. The van der Waals surface area contributed by atoms with E-state index in [0.717, 1.165) is 0 Å². The molecule has 6 heteroatoms. The van der Waals surface area contributed by atoms with Crippen LogP contribution in [0.2, 0.25) is 0 Å². The number of carbonyl (C=O) groups excluding carboxylic acids is 2. The van der Waals surface area contributed by atoms with Gasteiger partial charge in [0.15, 0.2) is 0 Å². The van der Waals surface area contributed by atoms with Crippen molar-refractivity contribution in [1.82, 2.24) is 0 Å². The van der Waals surface area contributed by atoms with Gasteiger partial charge in [-0.2, -0.15) is 0 Å². The summed E-state index contributed by atoms with van der Waals surface area (Å²) in [7, 11) is 2.89. The Morgan fingerprint density at radius 2 is 1.85 bits per heavy atom. The van der Waals surface area contributed by atoms with E-state index in [-0.39, 0.29) is 0 Å². The molecule has 1 aromatic carbocycles. The number of amides is 1. The van der Waals surface area contributed by atoms with Crippen LogP contribution in [0.4, 0.5) is 10.5 Å². The van der Waals surface area contributed by atoms with Crippen LogP contribution >= 0.6 is 15.9 Å². The van der Waals surface area contributed by atoms with E-state index in [1.165, 1.54) is 12.0 Å². The van der Waals surface area contributed by atoms with E-state index in [9.17, 15) is 9.59 Å². The molecule has 0 aliphatic heterocycles. The maximum atomic E-state index is 12.0. The van der Waals surface area contributed by atoms with E-state index in [1.54, 1.807) is 46.0 Å². The summed E-state index contributed by atoms with van der Waals surface area (Å²) in [6.07, 6.45) is -0.500. The number of anilines is 1. The van der Waals surface area contributed by atoms with Gasteiger partial charge in [0.1, 0.15) is 5.60 Å². The highest BCUT2D eigenvalue weighted by atomic mass is 79.9. The van der Waals surface area contributed by atoms with Crippen LogP contribution in [-0.2, 0) is 9.47 Å². The zero-order valence-electron chi connectivity index (χ0n) is 12.2. The Labute approximate surface area is 127 Å². The molecular formula is C14H18BrNO4. The zero-order valence-corrected chi connectivity index (χ0v) is 13.8. The minimum Gasteiger partial charge on any atom is -0.465 e. The van der Waals surface area contributed by atoms with Crippen molar-refractivity contribution in [3.05, 3.63) is 28.2 Å². The van der Waals surface area contributed by atoms with Crippen molar-refractivity contribution in [2.45, 2.75) is 26.4 Å². The molecule has 0 aliphatic carbocycles. The van der Waals surface area contributed by atoms with Gasteiger partial charge in [-0.15, -0.1) is 0 Å². The molecule has 0 radical (unpaired) electrons. The van der Waals surface area contributed by atoms with Gasteiger partial charge in [-0.3, -0.25) is 4.90 Å². The van der Waals surface area contributed by atoms with E-state index < -0.39 is 17.7 Å². The maximum Gasteiger partial charge on any atom is 0.414 e. The van der Waals surface area contributed by atoms with Crippen LogP contribution in [0.25, 0.3) is 0 Å². The summed E-state index contributed by atoms with van der Waals surface area (Å²) < 4.78 is 10.6. The molecule has 5 nitrogen and oxygen atoms in total. The van der Waals surface area contributed by atoms with Crippen molar-refractivity contribution >= 4 is 33.7 Å². The standard InChI is InChI=1S/C14H18BrNO4/c1-14(2,3)20-13(18)16(4)11-8-9(12(17)19-5)6-7-10(11)15/h6-8H,1-5H3. The maximum absolute atomic E-state index is 12.0. The highest BCUT2D eigenvalue weighted by Gasteiger charge is 2.22. The SMILES string of the molecule is COC(=O)c1ccc(Br)c(N(C)C(=O)OC(C)(C)C)c1. The molecule has 20 heavy (non-hydrogen) atoms. The number of hydrogen-bond acceptors (Lipinski definition) is 4. The molecule has 1 aromatic rings. The highest BCUT2D eigenvalue weighted by molar-refractivity contribution is 9.10. The van der Waals surface area contributed by atoms with Crippen LogP contribution < -0.4 is 4.90 Å². The number of hydrogen-bond donors (Lipinski definition) is 0. The molecule has 0 fully saturated rings. The van der Waals surface area contributed by atoms with Gasteiger partial charge >= 0.3 is 12.1 Å². The summed E-state index contributed by atoms with van der Waals surface area (Å²) in [5, 5.41) is 0. The topological polar surface area (TPSA) is 55.8 Å². The number of carbonyl (C=O) groups is 2. The third-order valence-electron chi connectivity index (χ3n) is 2.40. The second kappa shape index (κ2) is 6.26. The number of halogens is 1. The number of methoxy groups -OCH3 is 1. The molecule has 0 unspecified atom stereocenters. The van der Waals surface area contributed by atoms with E-state index in [4.69, 9.17) is 4.74 Å². The molecule has 0 N–H and O–H groups in total. The molecule has 0 atom stereocenters. The number of ether oxygens (including phenoxy) is 2. The molecule has 1 amide bonds. The second-order valence-electron chi connectivity index (χ2n) is 5.20. The Hall–Kier alpha value is -1.56. The molecule has 0 bridgehead atoms. The minimum atomic E-state index is -0.586. The van der Waals surface area contributed by atoms with Crippen LogP contribution in [0.1, 0.15) is 31.1 Å². The lowest BCUT2D eigenvalue weighted by Crippen LogP contribution is -2.34. The summed E-state index contributed by atoms with van der Waals surface area (Å²) in [6.45, 7) is 5.37. The molecule has 1 rings (SSSR count). The first-order valence-corrected chi connectivity index (χ1v) is 6.79. The molecule has 0 saturated carbocycles. The lowest BCUT2D eigenvalue weighted by molar-refractivity contribution is 0.0579. The minimum absolute atomic E-state index is 0.362. The smallest absolute Gasteiger partial charge is 0.414 e. The predicted molar refractivity (Wildman–Crippen MR) is 80.1 cm³/mol. The Kier molecular flexibility index (Phi) is 5.16. The second-order valence-corrected chi connectivity index (χ2v) is 6.05. The molecule has 0 saturated heterocycles. The Morgan fingerprint density at radius 1 is 1.25 bits per heavy atom. The largest absolute Gasteiger partial charge is 0.465 e. The fraction of sp³-hybridized carbons (Fsp3) is 0.429. The Morgan fingerprint density at radius 3 is 2.35 bits per heavy atom. The number of benzene rings is 1. The van der Waals surface area contributed by atoms with Gasteiger partial charge in [-0.05, 0) is 54.9 Å². The summed E-state index contributed by atoms with van der Waals surface area (Å²) in [5.74, 6) is -0.462. The van der Waals surface area contributed by atoms with E-state index in [0.29, 0.717) is 15.7 Å². The molecule has 0 heterocycles. The normalized spacial score (nSPS) is 10.9. The number of esters is 1. The van der Waals surface area contributed by atoms with Crippen LogP contribution in [0.3, 0.4) is 0 Å². The summed E-state index contributed by atoms with van der Waals surface area (Å²) in [5.41, 5.74) is 0.306. The van der Waals surface area contributed by atoms with Gasteiger partial charge in [-0.25, -0.2) is 9.59 Å². The van der Waals surface area contributed by atoms with Crippen LogP contribution in [0.5, 0.6) is 0 Å². The van der Waals surface area contributed by atoms with Gasteiger partial charge in [0.05, 0.1) is 18.4 Å². The monoisotopic (exact) mass is 343 g/mol. The van der Waals surface area contributed by atoms with E-state index >= 15 is 0 Å². The van der Waals surface area contributed by atoms with Gasteiger partial charge < -0.3 is 9.47 Å². The van der Waals surface area contributed by atoms with Gasteiger partial charge in [0.2, 0.25) is 0 Å². The lowest BCUT2D eigenvalue weighted by Gasteiger charge is -2.25. The fourth-order valence-corrected chi connectivity index (χ4v) is 1.96. The first-order chi connectivity index (χ1) is 9.15. The lowest BCUT2D eigenvalue weighted by atomic mass is 10.2. The highest BCUT2D eigenvalue weighted by Crippen LogP contribution is 2.28. The fourth-order valence-electron chi connectivity index (χ4n) is 1.44. The molecule has 0 spiro atoms. The molecule has 0 aliphatic rings. The van der Waals surface area contributed by atoms with Crippen molar-refractivity contribution in [2.24, 2.45) is 0 Å². The first-order valence-electron chi connectivity index (χ1n) is 6.00. The number of nitrogens with zero attached hydrogens (tertiary/aromatic N) is 1. The number of rotatable bonds is 2.